The van der Waals surface area contributed by atoms with Gasteiger partial charge in [0.05, 0.1) is 16.8 Å². The summed E-state index contributed by atoms with van der Waals surface area (Å²) >= 11 is 1.53. The third-order valence-corrected chi connectivity index (χ3v) is 7.41. The molecule has 1 amide bonds. The van der Waals surface area contributed by atoms with Gasteiger partial charge < -0.3 is 9.88 Å². The van der Waals surface area contributed by atoms with Crippen LogP contribution >= 0.6 is 11.8 Å². The van der Waals surface area contributed by atoms with E-state index in [2.05, 4.69) is 38.3 Å². The predicted octanol–water partition coefficient (Wildman–Crippen LogP) is 3.04. The molecule has 0 radical (unpaired) electrons. The maximum absolute atomic E-state index is 12.7. The Morgan fingerprint density at radius 2 is 2.00 bits per heavy atom. The first-order valence-electron chi connectivity index (χ1n) is 11.2. The van der Waals surface area contributed by atoms with Crippen molar-refractivity contribution in [2.75, 3.05) is 5.75 Å². The Balaban J connectivity index is 1.24. The molecule has 31 heavy (non-hydrogen) atoms. The van der Waals surface area contributed by atoms with Crippen LogP contribution < -0.4 is 11.0 Å². The summed E-state index contributed by atoms with van der Waals surface area (Å²) in [5, 5.41) is 10.7. The van der Waals surface area contributed by atoms with Gasteiger partial charge in [-0.15, -0.1) is 0 Å². The lowest BCUT2D eigenvalue weighted by atomic mass is 9.95. The third kappa shape index (κ3) is 4.28. The minimum absolute atomic E-state index is 0.0192. The Morgan fingerprint density at radius 1 is 1.16 bits per heavy atom. The van der Waals surface area contributed by atoms with Crippen molar-refractivity contribution in [3.05, 3.63) is 40.6 Å². The summed E-state index contributed by atoms with van der Waals surface area (Å²) in [4.78, 5) is 29.4. The summed E-state index contributed by atoms with van der Waals surface area (Å²) < 4.78 is 4.04. The molecule has 0 spiro atoms. The molecule has 8 nitrogen and oxygen atoms in total. The monoisotopic (exact) mass is 440 g/mol. The molecule has 2 N–H and O–H groups in total. The minimum atomic E-state index is -0.167. The largest absolute Gasteiger partial charge is 0.353 e. The molecule has 1 fully saturated rings. The van der Waals surface area contributed by atoms with Gasteiger partial charge in [-0.3, -0.25) is 9.36 Å². The molecule has 0 saturated heterocycles. The number of aromatic nitrogens is 5. The highest BCUT2D eigenvalue weighted by molar-refractivity contribution is 7.99. The highest BCUT2D eigenvalue weighted by Gasteiger charge is 2.23. The van der Waals surface area contributed by atoms with Crippen molar-refractivity contribution in [2.45, 2.75) is 75.2 Å². The molecule has 5 rings (SSSR count). The van der Waals surface area contributed by atoms with Crippen molar-refractivity contribution in [3.63, 3.8) is 0 Å². The fourth-order valence-electron chi connectivity index (χ4n) is 4.86. The number of hydrogen-bond donors (Lipinski definition) is 2. The second-order valence-corrected chi connectivity index (χ2v) is 9.46. The van der Waals surface area contributed by atoms with Gasteiger partial charge in [0.15, 0.2) is 5.16 Å². The highest BCUT2D eigenvalue weighted by atomic mass is 32.2. The highest BCUT2D eigenvalue weighted by Crippen LogP contribution is 2.35. The molecule has 164 valence electrons. The topological polar surface area (TPSA) is 97.6 Å². The summed E-state index contributed by atoms with van der Waals surface area (Å²) in [7, 11) is 0. The Hall–Kier alpha value is -2.55. The number of aryl methyl sites for hydroxylation is 1. The molecule has 1 unspecified atom stereocenters. The Labute approximate surface area is 184 Å². The van der Waals surface area contributed by atoms with Crippen LogP contribution in [0.3, 0.4) is 0 Å². The van der Waals surface area contributed by atoms with E-state index in [1.165, 1.54) is 49.4 Å². The van der Waals surface area contributed by atoms with Crippen LogP contribution in [0.5, 0.6) is 0 Å². The second kappa shape index (κ2) is 8.90. The molecular weight excluding hydrogens is 412 g/mol. The van der Waals surface area contributed by atoms with Gasteiger partial charge in [0.2, 0.25) is 5.91 Å². The predicted molar refractivity (Wildman–Crippen MR) is 120 cm³/mol. The first-order chi connectivity index (χ1) is 15.2. The molecule has 3 aromatic rings. The summed E-state index contributed by atoms with van der Waals surface area (Å²) in [5.74, 6) is 1.14. The van der Waals surface area contributed by atoms with E-state index < -0.39 is 0 Å². The number of benzene rings is 1. The lowest BCUT2D eigenvalue weighted by Gasteiger charge is -2.25. The third-order valence-electron chi connectivity index (χ3n) is 6.46. The lowest BCUT2D eigenvalue weighted by molar-refractivity contribution is -0.119. The van der Waals surface area contributed by atoms with E-state index in [1.807, 2.05) is 6.07 Å². The number of thioether (sulfide) groups is 1. The fraction of sp³-hybridized carbons (Fsp3) is 0.545. The summed E-state index contributed by atoms with van der Waals surface area (Å²) in [6.07, 6.45) is 8.39. The van der Waals surface area contributed by atoms with Crippen molar-refractivity contribution in [3.8, 4) is 0 Å². The van der Waals surface area contributed by atoms with Gasteiger partial charge in [0.1, 0.15) is 5.82 Å². The quantitative estimate of drug-likeness (QED) is 0.595. The number of imidazole rings is 1. The van der Waals surface area contributed by atoms with Crippen molar-refractivity contribution in [1.82, 2.24) is 29.6 Å². The number of nitrogens with one attached hydrogen (secondary N) is 2. The number of H-pyrrole nitrogens is 1. The van der Waals surface area contributed by atoms with Crippen molar-refractivity contribution in [2.24, 2.45) is 0 Å². The maximum Gasteiger partial charge on any atom is 0.343 e. The van der Waals surface area contributed by atoms with E-state index in [0.717, 1.165) is 29.3 Å². The zero-order chi connectivity index (χ0) is 21.2. The van der Waals surface area contributed by atoms with E-state index in [0.29, 0.717) is 24.8 Å². The molecule has 1 saturated carbocycles. The van der Waals surface area contributed by atoms with Crippen LogP contribution in [0, 0.1) is 0 Å². The van der Waals surface area contributed by atoms with E-state index in [9.17, 15) is 9.59 Å². The van der Waals surface area contributed by atoms with Crippen LogP contribution in [0.15, 0.2) is 34.2 Å². The molecule has 2 aliphatic rings. The number of carbonyl (C=O) groups is 1. The van der Waals surface area contributed by atoms with Crippen molar-refractivity contribution < 1.29 is 4.79 Å². The second-order valence-electron chi connectivity index (χ2n) is 8.52. The van der Waals surface area contributed by atoms with Gasteiger partial charge in [-0.2, -0.15) is 5.10 Å². The zero-order valence-electron chi connectivity index (χ0n) is 17.5. The molecule has 1 atom stereocenters. The lowest BCUT2D eigenvalue weighted by Crippen LogP contribution is -2.36. The van der Waals surface area contributed by atoms with Gasteiger partial charge >= 0.3 is 5.69 Å². The molecule has 1 aliphatic heterocycles. The average Bonchev–Trinajstić information content (AvgIpc) is 3.27. The fourth-order valence-corrected chi connectivity index (χ4v) is 5.76. The van der Waals surface area contributed by atoms with Gasteiger partial charge in [0.25, 0.3) is 0 Å². The smallest absolute Gasteiger partial charge is 0.343 e. The van der Waals surface area contributed by atoms with Crippen LogP contribution in [0.4, 0.5) is 0 Å². The van der Waals surface area contributed by atoms with Crippen molar-refractivity contribution >= 4 is 28.7 Å². The molecule has 0 bridgehead atoms. The van der Waals surface area contributed by atoms with Crippen LogP contribution in [-0.4, -0.2) is 42.0 Å². The SMILES string of the molecule is O=C(CSc1nc2ccccc2n1C1CCCCC1)NC1CCc2n[nH]c(=O)n2CC1. The number of rotatable bonds is 5. The number of aromatic amines is 1. The van der Waals surface area contributed by atoms with Gasteiger partial charge in [-0.1, -0.05) is 43.2 Å². The standard InChI is InChI=1S/C22H28N6O2S/c29-20(23-15-10-11-19-25-26-21(30)27(19)13-12-15)14-31-22-24-17-8-4-5-9-18(17)28(22)16-6-2-1-3-7-16/h4-5,8-9,15-16H,1-3,6-7,10-14H2,(H,23,29)(H,26,30). The molecule has 3 heterocycles. The first-order valence-corrected chi connectivity index (χ1v) is 12.2. The van der Waals surface area contributed by atoms with Gasteiger partial charge in [-0.25, -0.2) is 14.9 Å². The summed E-state index contributed by atoms with van der Waals surface area (Å²) in [6, 6.07) is 8.80. The number of fused-ring (bicyclic) bond motifs is 2. The maximum atomic E-state index is 12.7. The number of carbonyl (C=O) groups excluding carboxylic acids is 1. The number of hydrogen-bond acceptors (Lipinski definition) is 5. The molecule has 1 aliphatic carbocycles. The van der Waals surface area contributed by atoms with Gasteiger partial charge in [0, 0.05) is 25.0 Å². The van der Waals surface area contributed by atoms with Gasteiger partial charge in [-0.05, 0) is 37.8 Å². The van der Waals surface area contributed by atoms with Crippen molar-refractivity contribution in [1.29, 1.82) is 0 Å². The van der Waals surface area contributed by atoms with E-state index in [4.69, 9.17) is 4.98 Å². The van der Waals surface area contributed by atoms with Crippen LogP contribution in [0.25, 0.3) is 11.0 Å². The van der Waals surface area contributed by atoms with Crippen LogP contribution in [-0.2, 0) is 17.8 Å². The van der Waals surface area contributed by atoms with E-state index in [-0.39, 0.29) is 17.6 Å². The van der Waals surface area contributed by atoms with Crippen LogP contribution in [0.2, 0.25) is 0 Å². The average molecular weight is 441 g/mol. The molecule has 1 aromatic carbocycles. The minimum Gasteiger partial charge on any atom is -0.353 e. The zero-order valence-corrected chi connectivity index (χ0v) is 18.4. The number of nitrogens with zero attached hydrogens (tertiary/aromatic N) is 4. The Kier molecular flexibility index (Phi) is 5.85. The van der Waals surface area contributed by atoms with E-state index in [1.54, 1.807) is 4.57 Å². The number of amides is 1. The molecule has 2 aromatic heterocycles. The Morgan fingerprint density at radius 3 is 2.87 bits per heavy atom. The van der Waals surface area contributed by atoms with Crippen LogP contribution in [0.1, 0.15) is 56.8 Å². The normalized spacial score (nSPS) is 19.8. The van der Waals surface area contributed by atoms with E-state index >= 15 is 0 Å². The first kappa shape index (κ1) is 20.4. The molecule has 9 heteroatoms. The number of para-hydroxylation sites is 2. The molecular formula is C22H28N6O2S. The Bertz CT molecular complexity index is 1130. The summed E-state index contributed by atoms with van der Waals surface area (Å²) in [6.45, 7) is 0.584. The summed E-state index contributed by atoms with van der Waals surface area (Å²) in [5.41, 5.74) is 2.00.